The minimum absolute atomic E-state index is 0.123. The fourth-order valence-electron chi connectivity index (χ4n) is 1.46. The van der Waals surface area contributed by atoms with Gasteiger partial charge in [-0.05, 0) is 31.2 Å². The van der Waals surface area contributed by atoms with Crippen molar-refractivity contribution < 1.29 is 9.53 Å². The zero-order chi connectivity index (χ0) is 12.7. The van der Waals surface area contributed by atoms with Crippen LogP contribution in [-0.4, -0.2) is 25.6 Å². The summed E-state index contributed by atoms with van der Waals surface area (Å²) in [4.78, 5) is 11.3. The Bertz CT molecular complexity index is 366. The van der Waals surface area contributed by atoms with Crippen LogP contribution in [0.2, 0.25) is 0 Å². The van der Waals surface area contributed by atoms with Gasteiger partial charge in [0.2, 0.25) is 0 Å². The zero-order valence-corrected chi connectivity index (χ0v) is 10.6. The number of carbonyl (C=O) groups is 1. The van der Waals surface area contributed by atoms with Crippen LogP contribution in [-0.2, 0) is 11.3 Å². The minimum Gasteiger partial charge on any atom is -0.481 e. The van der Waals surface area contributed by atoms with Crippen molar-refractivity contribution in [1.82, 2.24) is 10.6 Å². The molecule has 4 heteroatoms. The van der Waals surface area contributed by atoms with Crippen LogP contribution in [0.5, 0.6) is 5.75 Å². The van der Waals surface area contributed by atoms with E-state index in [4.69, 9.17) is 4.74 Å². The molecular formula is C13H20N2O2. The lowest BCUT2D eigenvalue weighted by molar-refractivity contribution is -0.126. The van der Waals surface area contributed by atoms with Crippen molar-refractivity contribution >= 4 is 5.91 Å². The molecule has 0 saturated heterocycles. The normalized spacial score (nSPS) is 11.9. The third kappa shape index (κ3) is 4.44. The molecule has 1 rings (SSSR count). The molecule has 1 aromatic carbocycles. The molecule has 0 spiro atoms. The monoisotopic (exact) mass is 236 g/mol. The first-order valence-corrected chi connectivity index (χ1v) is 5.85. The van der Waals surface area contributed by atoms with Gasteiger partial charge in [0.05, 0.1) is 0 Å². The minimum atomic E-state index is -0.477. The summed E-state index contributed by atoms with van der Waals surface area (Å²) in [5.41, 5.74) is 1.15. The van der Waals surface area contributed by atoms with E-state index in [0.717, 1.165) is 24.4 Å². The van der Waals surface area contributed by atoms with E-state index in [2.05, 4.69) is 17.6 Å². The molecule has 0 heterocycles. The Labute approximate surface area is 102 Å². The van der Waals surface area contributed by atoms with E-state index in [1.807, 2.05) is 24.3 Å². The summed E-state index contributed by atoms with van der Waals surface area (Å²) in [5, 5.41) is 5.80. The maximum Gasteiger partial charge on any atom is 0.260 e. The second kappa shape index (κ2) is 6.91. The van der Waals surface area contributed by atoms with Crippen molar-refractivity contribution in [3.05, 3.63) is 29.8 Å². The number of hydrogen-bond donors (Lipinski definition) is 2. The highest BCUT2D eigenvalue weighted by Crippen LogP contribution is 2.14. The molecule has 0 aliphatic heterocycles. The fraction of sp³-hybridized carbons (Fsp3) is 0.462. The molecule has 1 aromatic rings. The average Bonchev–Trinajstić information content (AvgIpc) is 2.35. The van der Waals surface area contributed by atoms with E-state index in [0.29, 0.717) is 0 Å². The number of ether oxygens (including phenoxy) is 1. The van der Waals surface area contributed by atoms with Gasteiger partial charge in [-0.15, -0.1) is 0 Å². The lowest BCUT2D eigenvalue weighted by Gasteiger charge is -2.13. The molecule has 1 atom stereocenters. The van der Waals surface area contributed by atoms with Gasteiger partial charge in [0.1, 0.15) is 5.75 Å². The lowest BCUT2D eigenvalue weighted by Crippen LogP contribution is -2.33. The highest BCUT2D eigenvalue weighted by Gasteiger charge is 2.12. The van der Waals surface area contributed by atoms with Gasteiger partial charge in [-0.25, -0.2) is 0 Å². The predicted octanol–water partition coefficient (Wildman–Crippen LogP) is 1.31. The first-order valence-electron chi connectivity index (χ1n) is 5.85. The Kier molecular flexibility index (Phi) is 5.49. The third-order valence-electron chi connectivity index (χ3n) is 2.41. The molecule has 17 heavy (non-hydrogen) atoms. The highest BCUT2D eigenvalue weighted by atomic mass is 16.5. The second-order valence-electron chi connectivity index (χ2n) is 3.80. The Morgan fingerprint density at radius 2 is 2.24 bits per heavy atom. The summed E-state index contributed by atoms with van der Waals surface area (Å²) in [7, 11) is 1.60. The van der Waals surface area contributed by atoms with E-state index in [1.165, 1.54) is 0 Å². The zero-order valence-electron chi connectivity index (χ0n) is 10.6. The van der Waals surface area contributed by atoms with E-state index in [1.54, 1.807) is 14.0 Å². The van der Waals surface area contributed by atoms with Gasteiger partial charge in [0.15, 0.2) is 6.10 Å². The van der Waals surface area contributed by atoms with Gasteiger partial charge in [-0.2, -0.15) is 0 Å². The molecule has 0 radical (unpaired) electrons. The molecule has 94 valence electrons. The number of amides is 1. The van der Waals surface area contributed by atoms with Crippen molar-refractivity contribution in [2.24, 2.45) is 0 Å². The maximum atomic E-state index is 11.3. The third-order valence-corrected chi connectivity index (χ3v) is 2.41. The topological polar surface area (TPSA) is 50.4 Å². The summed E-state index contributed by atoms with van der Waals surface area (Å²) in [6.07, 6.45) is -0.477. The maximum absolute atomic E-state index is 11.3. The van der Waals surface area contributed by atoms with Crippen LogP contribution >= 0.6 is 0 Å². The summed E-state index contributed by atoms with van der Waals surface area (Å²) in [5.74, 6) is 0.596. The number of likely N-dealkylation sites (N-methyl/N-ethyl adjacent to an activating group) is 1. The Morgan fingerprint density at radius 3 is 2.88 bits per heavy atom. The molecular weight excluding hydrogens is 216 g/mol. The molecule has 0 aromatic heterocycles. The smallest absolute Gasteiger partial charge is 0.260 e. The highest BCUT2D eigenvalue weighted by molar-refractivity contribution is 5.80. The van der Waals surface area contributed by atoms with Crippen LogP contribution in [0.3, 0.4) is 0 Å². The average molecular weight is 236 g/mol. The Balaban J connectivity index is 2.62. The van der Waals surface area contributed by atoms with Crippen LogP contribution in [0.4, 0.5) is 0 Å². The SMILES string of the molecule is CCNCc1cccc(OC(C)C(=O)NC)c1. The molecule has 0 bridgehead atoms. The quantitative estimate of drug-likeness (QED) is 0.783. The number of nitrogens with one attached hydrogen (secondary N) is 2. The second-order valence-corrected chi connectivity index (χ2v) is 3.80. The van der Waals surface area contributed by atoms with Crippen molar-refractivity contribution in [3.8, 4) is 5.75 Å². The van der Waals surface area contributed by atoms with Crippen LogP contribution < -0.4 is 15.4 Å². The van der Waals surface area contributed by atoms with E-state index >= 15 is 0 Å². The molecule has 4 nitrogen and oxygen atoms in total. The fourth-order valence-corrected chi connectivity index (χ4v) is 1.46. The van der Waals surface area contributed by atoms with E-state index < -0.39 is 6.10 Å². The summed E-state index contributed by atoms with van der Waals surface area (Å²) in [6.45, 7) is 5.53. The van der Waals surface area contributed by atoms with Crippen LogP contribution in [0, 0.1) is 0 Å². The Hall–Kier alpha value is -1.55. The van der Waals surface area contributed by atoms with E-state index in [9.17, 15) is 4.79 Å². The van der Waals surface area contributed by atoms with Gasteiger partial charge in [0, 0.05) is 13.6 Å². The van der Waals surface area contributed by atoms with Gasteiger partial charge >= 0.3 is 0 Å². The summed E-state index contributed by atoms with van der Waals surface area (Å²) in [6, 6.07) is 7.76. The predicted molar refractivity (Wildman–Crippen MR) is 68.0 cm³/mol. The number of carbonyl (C=O) groups excluding carboxylic acids is 1. The molecule has 2 N–H and O–H groups in total. The van der Waals surface area contributed by atoms with Crippen LogP contribution in [0.15, 0.2) is 24.3 Å². The molecule has 0 aliphatic carbocycles. The molecule has 1 unspecified atom stereocenters. The first-order chi connectivity index (χ1) is 8.17. The van der Waals surface area contributed by atoms with Crippen molar-refractivity contribution in [3.63, 3.8) is 0 Å². The Morgan fingerprint density at radius 1 is 1.47 bits per heavy atom. The number of rotatable bonds is 6. The standard InChI is InChI=1S/C13H20N2O2/c1-4-15-9-11-6-5-7-12(8-11)17-10(2)13(16)14-3/h5-8,10,15H,4,9H2,1-3H3,(H,14,16). The van der Waals surface area contributed by atoms with Gasteiger partial charge in [-0.3, -0.25) is 4.79 Å². The van der Waals surface area contributed by atoms with Crippen molar-refractivity contribution in [2.45, 2.75) is 26.5 Å². The van der Waals surface area contributed by atoms with Crippen molar-refractivity contribution in [2.75, 3.05) is 13.6 Å². The van der Waals surface area contributed by atoms with Gasteiger partial charge in [-0.1, -0.05) is 19.1 Å². The summed E-state index contributed by atoms with van der Waals surface area (Å²) < 4.78 is 5.55. The first kappa shape index (κ1) is 13.5. The molecule has 0 aliphatic rings. The van der Waals surface area contributed by atoms with Crippen molar-refractivity contribution in [1.29, 1.82) is 0 Å². The van der Waals surface area contributed by atoms with E-state index in [-0.39, 0.29) is 5.91 Å². The van der Waals surface area contributed by atoms with Crippen LogP contribution in [0.1, 0.15) is 19.4 Å². The lowest BCUT2D eigenvalue weighted by atomic mass is 10.2. The number of hydrogen-bond acceptors (Lipinski definition) is 3. The molecule has 0 fully saturated rings. The number of benzene rings is 1. The summed E-state index contributed by atoms with van der Waals surface area (Å²) >= 11 is 0. The molecule has 1 amide bonds. The van der Waals surface area contributed by atoms with Crippen LogP contribution in [0.25, 0.3) is 0 Å². The largest absolute Gasteiger partial charge is 0.481 e. The van der Waals surface area contributed by atoms with Gasteiger partial charge in [0.25, 0.3) is 5.91 Å². The molecule has 0 saturated carbocycles. The van der Waals surface area contributed by atoms with Gasteiger partial charge < -0.3 is 15.4 Å².